The Hall–Kier alpha value is -1.51. The normalized spacial score (nSPS) is 16.6. The molecule has 1 fully saturated rings. The Morgan fingerprint density at radius 2 is 2.31 bits per heavy atom. The van der Waals surface area contributed by atoms with Gasteiger partial charge in [0.15, 0.2) is 5.82 Å². The van der Waals surface area contributed by atoms with Crippen LogP contribution >= 0.6 is 0 Å². The first-order valence-corrected chi connectivity index (χ1v) is 4.52. The molecule has 3 heteroatoms. The van der Waals surface area contributed by atoms with E-state index in [0.29, 0.717) is 11.7 Å². The maximum atomic E-state index is 9.44. The summed E-state index contributed by atoms with van der Waals surface area (Å²) in [6, 6.07) is 5.86. The zero-order chi connectivity index (χ0) is 8.84. The summed E-state index contributed by atoms with van der Waals surface area (Å²) in [5.41, 5.74) is 2.15. The lowest BCUT2D eigenvalue weighted by Gasteiger charge is -2.00. The van der Waals surface area contributed by atoms with Crippen molar-refractivity contribution in [1.29, 1.82) is 0 Å². The first-order valence-electron chi connectivity index (χ1n) is 4.52. The highest BCUT2D eigenvalue weighted by molar-refractivity contribution is 5.59. The second-order valence-electron chi connectivity index (χ2n) is 3.59. The highest BCUT2D eigenvalue weighted by Gasteiger charge is 2.27. The van der Waals surface area contributed by atoms with Gasteiger partial charge in [0, 0.05) is 23.4 Å². The van der Waals surface area contributed by atoms with Crippen LogP contribution in [0, 0.1) is 0 Å². The minimum Gasteiger partial charge on any atom is -0.427 e. The monoisotopic (exact) mass is 174 g/mol. The van der Waals surface area contributed by atoms with Gasteiger partial charge in [-0.3, -0.25) is 0 Å². The van der Waals surface area contributed by atoms with Crippen LogP contribution in [-0.2, 0) is 0 Å². The lowest BCUT2D eigenvalue weighted by molar-refractivity contribution is 0.186. The van der Waals surface area contributed by atoms with E-state index in [4.69, 9.17) is 0 Å². The van der Waals surface area contributed by atoms with Crippen LogP contribution in [-0.4, -0.2) is 14.9 Å². The Balaban J connectivity index is 2.20. The van der Waals surface area contributed by atoms with Crippen LogP contribution in [0.15, 0.2) is 24.4 Å². The largest absolute Gasteiger partial charge is 0.427 e. The molecule has 2 aliphatic heterocycles. The van der Waals surface area contributed by atoms with E-state index in [2.05, 4.69) is 11.1 Å². The molecule has 0 aromatic carbocycles. The molecule has 1 saturated carbocycles. The molecule has 0 radical (unpaired) electrons. The fourth-order valence-corrected chi connectivity index (χ4v) is 1.64. The summed E-state index contributed by atoms with van der Waals surface area (Å²) in [4.78, 5) is 4.39. The van der Waals surface area contributed by atoms with E-state index in [0.717, 1.165) is 16.0 Å². The van der Waals surface area contributed by atoms with Crippen molar-refractivity contribution in [3.05, 3.63) is 30.1 Å². The first-order chi connectivity index (χ1) is 6.34. The molecule has 1 aliphatic carbocycles. The second kappa shape index (κ2) is 2.25. The van der Waals surface area contributed by atoms with Crippen LogP contribution in [0.25, 0.3) is 11.4 Å². The predicted octanol–water partition coefficient (Wildman–Crippen LogP) is 2.10. The molecule has 0 aromatic rings. The number of aromatic nitrogens is 2. The van der Waals surface area contributed by atoms with Crippen molar-refractivity contribution in [1.82, 2.24) is 9.71 Å². The van der Waals surface area contributed by atoms with Gasteiger partial charge in [0.05, 0.1) is 0 Å². The first kappa shape index (κ1) is 6.95. The quantitative estimate of drug-likeness (QED) is 0.672. The van der Waals surface area contributed by atoms with Crippen LogP contribution in [0.4, 0.5) is 0 Å². The number of pyridine rings is 1. The van der Waals surface area contributed by atoms with E-state index in [-0.39, 0.29) is 0 Å². The molecule has 0 saturated heterocycles. The van der Waals surface area contributed by atoms with Gasteiger partial charge in [-0.2, -0.15) is 4.73 Å². The standard InChI is InChI=1S/C10H10N2O/c13-12-5-1-2-8-6-9(7-3-4-7)11-10(8)12/h1-2,5-7,13H,3-4H2. The van der Waals surface area contributed by atoms with E-state index in [9.17, 15) is 5.21 Å². The van der Waals surface area contributed by atoms with Crippen LogP contribution in [0.3, 0.4) is 0 Å². The second-order valence-corrected chi connectivity index (χ2v) is 3.59. The number of fused-ring (bicyclic) bond motifs is 1. The third-order valence-corrected chi connectivity index (χ3v) is 2.51. The predicted molar refractivity (Wildman–Crippen MR) is 48.0 cm³/mol. The summed E-state index contributed by atoms with van der Waals surface area (Å²) in [7, 11) is 0. The maximum Gasteiger partial charge on any atom is 0.175 e. The lowest BCUT2D eigenvalue weighted by atomic mass is 10.2. The Kier molecular flexibility index (Phi) is 1.20. The molecule has 0 unspecified atom stereocenters. The molecule has 0 bridgehead atoms. The molecule has 1 N–H and O–H groups in total. The Morgan fingerprint density at radius 3 is 3.00 bits per heavy atom. The van der Waals surface area contributed by atoms with Crippen LogP contribution in [0.1, 0.15) is 24.5 Å². The maximum absolute atomic E-state index is 9.44. The molecule has 0 aromatic heterocycles. The van der Waals surface area contributed by atoms with Crippen molar-refractivity contribution >= 4 is 0 Å². The van der Waals surface area contributed by atoms with Crippen molar-refractivity contribution in [2.24, 2.45) is 0 Å². The molecular weight excluding hydrogens is 164 g/mol. The van der Waals surface area contributed by atoms with Gasteiger partial charge < -0.3 is 5.21 Å². The molecule has 0 amide bonds. The SMILES string of the molecule is On1cccc2cc(C3CC3)nc1-2. The van der Waals surface area contributed by atoms with E-state index >= 15 is 0 Å². The minimum absolute atomic E-state index is 0.646. The Labute approximate surface area is 75.9 Å². The molecule has 3 nitrogen and oxygen atoms in total. The molecular formula is C10H10N2O. The summed E-state index contributed by atoms with van der Waals surface area (Å²) in [5, 5.41) is 9.44. The van der Waals surface area contributed by atoms with Crippen molar-refractivity contribution < 1.29 is 5.21 Å². The number of hydrogen-bond donors (Lipinski definition) is 1. The Bertz CT molecular complexity index is 417. The molecule has 0 spiro atoms. The zero-order valence-corrected chi connectivity index (χ0v) is 7.14. The third-order valence-electron chi connectivity index (χ3n) is 2.51. The summed E-state index contributed by atoms with van der Waals surface area (Å²) in [6.07, 6.45) is 4.09. The van der Waals surface area contributed by atoms with Crippen LogP contribution in [0.5, 0.6) is 0 Å². The van der Waals surface area contributed by atoms with E-state index in [1.165, 1.54) is 12.8 Å². The summed E-state index contributed by atoms with van der Waals surface area (Å²) in [5.74, 6) is 1.32. The molecule has 3 rings (SSSR count). The number of hydrogen-bond acceptors (Lipinski definition) is 2. The molecule has 13 heavy (non-hydrogen) atoms. The van der Waals surface area contributed by atoms with E-state index < -0.39 is 0 Å². The summed E-state index contributed by atoms with van der Waals surface area (Å²) >= 11 is 0. The summed E-state index contributed by atoms with van der Waals surface area (Å²) < 4.78 is 1.08. The fraction of sp³-hybridized carbons (Fsp3) is 0.300. The van der Waals surface area contributed by atoms with Gasteiger partial charge in [-0.25, -0.2) is 4.98 Å². The number of rotatable bonds is 1. The molecule has 2 heterocycles. The van der Waals surface area contributed by atoms with Crippen LogP contribution < -0.4 is 0 Å². The summed E-state index contributed by atoms with van der Waals surface area (Å²) in [6.45, 7) is 0. The van der Waals surface area contributed by atoms with Crippen molar-refractivity contribution in [2.75, 3.05) is 0 Å². The van der Waals surface area contributed by atoms with Gasteiger partial charge in [-0.15, -0.1) is 0 Å². The van der Waals surface area contributed by atoms with Crippen molar-refractivity contribution in [3.63, 3.8) is 0 Å². The zero-order valence-electron chi connectivity index (χ0n) is 7.14. The van der Waals surface area contributed by atoms with Crippen LogP contribution in [0.2, 0.25) is 0 Å². The average Bonchev–Trinajstić information content (AvgIpc) is 2.87. The third kappa shape index (κ3) is 1.00. The average molecular weight is 174 g/mol. The van der Waals surface area contributed by atoms with E-state index in [1.54, 1.807) is 6.20 Å². The Morgan fingerprint density at radius 1 is 1.46 bits per heavy atom. The highest BCUT2D eigenvalue weighted by atomic mass is 16.5. The molecule has 0 atom stereocenters. The van der Waals surface area contributed by atoms with Gasteiger partial charge in [0.1, 0.15) is 0 Å². The van der Waals surface area contributed by atoms with Crippen molar-refractivity contribution in [2.45, 2.75) is 18.8 Å². The highest BCUT2D eigenvalue weighted by Crippen LogP contribution is 2.41. The topological polar surface area (TPSA) is 38.0 Å². The number of nitrogens with zero attached hydrogens (tertiary/aromatic N) is 2. The van der Waals surface area contributed by atoms with E-state index in [1.807, 2.05) is 12.1 Å². The smallest absolute Gasteiger partial charge is 0.175 e. The van der Waals surface area contributed by atoms with Gasteiger partial charge >= 0.3 is 0 Å². The minimum atomic E-state index is 0.646. The van der Waals surface area contributed by atoms with Gasteiger partial charge in [0.25, 0.3) is 0 Å². The van der Waals surface area contributed by atoms with Crippen molar-refractivity contribution in [3.8, 4) is 11.4 Å². The fourth-order valence-electron chi connectivity index (χ4n) is 1.64. The van der Waals surface area contributed by atoms with Gasteiger partial charge in [0.2, 0.25) is 0 Å². The lowest BCUT2D eigenvalue weighted by Crippen LogP contribution is -1.96. The van der Waals surface area contributed by atoms with Gasteiger partial charge in [-0.1, -0.05) is 0 Å². The molecule has 66 valence electrons. The molecule has 3 aliphatic rings. The van der Waals surface area contributed by atoms with Gasteiger partial charge in [-0.05, 0) is 31.0 Å².